The third-order valence-corrected chi connectivity index (χ3v) is 5.34. The Kier molecular flexibility index (Phi) is 6.27. The van der Waals surface area contributed by atoms with E-state index >= 15 is 0 Å². The number of fused-ring (bicyclic) bond motifs is 1. The molecule has 0 atom stereocenters. The highest BCUT2D eigenvalue weighted by molar-refractivity contribution is 6.30. The highest BCUT2D eigenvalue weighted by Crippen LogP contribution is 2.40. The van der Waals surface area contributed by atoms with E-state index in [0.29, 0.717) is 29.6 Å². The third kappa shape index (κ3) is 4.91. The summed E-state index contributed by atoms with van der Waals surface area (Å²) in [7, 11) is 0. The van der Waals surface area contributed by atoms with Gasteiger partial charge in [-0.15, -0.1) is 0 Å². The fraction of sp³-hybridized carbons (Fsp3) is 0.318. The predicted octanol–water partition coefficient (Wildman–Crippen LogP) is 3.18. The zero-order valence-electron chi connectivity index (χ0n) is 17.4. The number of likely N-dealkylation sites (N-methyl/N-ethyl adjacent to an activating group) is 1. The van der Waals surface area contributed by atoms with Crippen LogP contribution in [0.5, 0.6) is 0 Å². The van der Waals surface area contributed by atoms with Crippen molar-refractivity contribution in [3.05, 3.63) is 77.5 Å². The van der Waals surface area contributed by atoms with Crippen molar-refractivity contribution in [2.45, 2.75) is 38.8 Å². The smallest absolute Gasteiger partial charge is 0.255 e. The molecule has 3 aromatic rings. The van der Waals surface area contributed by atoms with Crippen LogP contribution in [-0.2, 0) is 13.1 Å². The Hall–Kier alpha value is -3.26. The van der Waals surface area contributed by atoms with Gasteiger partial charge in [0.25, 0.3) is 5.91 Å². The lowest BCUT2D eigenvalue weighted by molar-refractivity contribution is 0.0949. The van der Waals surface area contributed by atoms with Crippen LogP contribution in [0.15, 0.2) is 55.5 Å². The lowest BCUT2D eigenvalue weighted by atomic mass is 10.1. The number of nitrogens with zero attached hydrogens (tertiary/aromatic N) is 4. The van der Waals surface area contributed by atoms with Crippen LogP contribution in [0.3, 0.4) is 0 Å². The summed E-state index contributed by atoms with van der Waals surface area (Å²) in [6.45, 7) is 7.34. The minimum Gasteiger partial charge on any atom is -0.386 e. The van der Waals surface area contributed by atoms with Gasteiger partial charge in [0.15, 0.2) is 0 Å². The normalized spacial score (nSPS) is 13.9. The first-order valence-electron chi connectivity index (χ1n) is 10.4. The fourth-order valence-corrected chi connectivity index (χ4v) is 3.64. The van der Waals surface area contributed by atoms with E-state index < -0.39 is 0 Å². The molecule has 1 saturated carbocycles. The standard InChI is InChI=1S/C22H26ClN7O/c1-3-24-10-17(25-4-2)12-30-13-18(21(28-30)15-5-6-15)22(31)26-11-19-20-9-16(23)7-8-29(20)14-27-19/h3,7-10,13-15,24-25H,1,4-6,11-12H2,2H3,(H,26,31)/b17-10-. The van der Waals surface area contributed by atoms with Crippen molar-refractivity contribution in [3.63, 3.8) is 0 Å². The second-order valence-electron chi connectivity index (χ2n) is 7.48. The highest BCUT2D eigenvalue weighted by Gasteiger charge is 2.31. The summed E-state index contributed by atoms with van der Waals surface area (Å²) in [4.78, 5) is 17.4. The number of allylic oxidation sites excluding steroid dienone is 1. The number of nitrogens with one attached hydrogen (secondary N) is 3. The highest BCUT2D eigenvalue weighted by atomic mass is 35.5. The summed E-state index contributed by atoms with van der Waals surface area (Å²) in [5.74, 6) is 0.210. The number of carbonyl (C=O) groups is 1. The van der Waals surface area contributed by atoms with Gasteiger partial charge in [0.2, 0.25) is 0 Å². The predicted molar refractivity (Wildman–Crippen MR) is 121 cm³/mol. The first kappa shape index (κ1) is 21.0. The van der Waals surface area contributed by atoms with Crippen LogP contribution in [0.4, 0.5) is 0 Å². The third-order valence-electron chi connectivity index (χ3n) is 5.11. The van der Waals surface area contributed by atoms with Crippen molar-refractivity contribution in [3.8, 4) is 0 Å². The van der Waals surface area contributed by atoms with Gasteiger partial charge in [0.05, 0.1) is 41.9 Å². The molecule has 0 unspecified atom stereocenters. The molecule has 0 aromatic carbocycles. The van der Waals surface area contributed by atoms with Gasteiger partial charge in [-0.25, -0.2) is 4.98 Å². The molecule has 3 heterocycles. The van der Waals surface area contributed by atoms with Gasteiger partial charge in [-0.1, -0.05) is 18.2 Å². The molecule has 31 heavy (non-hydrogen) atoms. The first-order valence-corrected chi connectivity index (χ1v) is 10.7. The molecule has 4 rings (SSSR count). The molecule has 9 heteroatoms. The molecule has 8 nitrogen and oxygen atoms in total. The quantitative estimate of drug-likeness (QED) is 0.451. The monoisotopic (exact) mass is 439 g/mol. The summed E-state index contributed by atoms with van der Waals surface area (Å²) < 4.78 is 3.69. The van der Waals surface area contributed by atoms with Gasteiger partial charge in [-0.2, -0.15) is 5.10 Å². The molecule has 0 spiro atoms. The molecule has 0 radical (unpaired) electrons. The zero-order valence-corrected chi connectivity index (χ0v) is 18.2. The second-order valence-corrected chi connectivity index (χ2v) is 7.92. The summed E-state index contributed by atoms with van der Waals surface area (Å²) in [6, 6.07) is 3.64. The average Bonchev–Trinajstić information content (AvgIpc) is 3.40. The van der Waals surface area contributed by atoms with Crippen LogP contribution < -0.4 is 16.0 Å². The number of imidazole rings is 1. The minimum absolute atomic E-state index is 0.144. The first-order chi connectivity index (χ1) is 15.1. The van der Waals surface area contributed by atoms with Crippen molar-refractivity contribution in [2.24, 2.45) is 0 Å². The van der Waals surface area contributed by atoms with Gasteiger partial charge in [0.1, 0.15) is 0 Å². The minimum atomic E-state index is -0.144. The Labute approximate surface area is 186 Å². The molecule has 0 saturated heterocycles. The Morgan fingerprint density at radius 1 is 1.39 bits per heavy atom. The van der Waals surface area contributed by atoms with E-state index in [1.54, 1.807) is 18.6 Å². The summed E-state index contributed by atoms with van der Waals surface area (Å²) in [6.07, 6.45) is 11.0. The van der Waals surface area contributed by atoms with Crippen LogP contribution in [0, 0.1) is 0 Å². The van der Waals surface area contributed by atoms with Gasteiger partial charge < -0.3 is 20.4 Å². The van der Waals surface area contributed by atoms with E-state index in [-0.39, 0.29) is 5.91 Å². The van der Waals surface area contributed by atoms with Gasteiger partial charge >= 0.3 is 0 Å². The number of hydrogen-bond donors (Lipinski definition) is 3. The van der Waals surface area contributed by atoms with Gasteiger partial charge in [-0.05, 0) is 38.1 Å². The van der Waals surface area contributed by atoms with E-state index in [9.17, 15) is 4.79 Å². The van der Waals surface area contributed by atoms with Crippen LogP contribution in [0.25, 0.3) is 5.52 Å². The molecule has 3 aromatic heterocycles. The lowest BCUT2D eigenvalue weighted by Crippen LogP contribution is -2.23. The number of aromatic nitrogens is 4. The van der Waals surface area contributed by atoms with Crippen LogP contribution in [0.2, 0.25) is 5.02 Å². The molecular formula is C22H26ClN7O. The lowest BCUT2D eigenvalue weighted by Gasteiger charge is -2.09. The molecular weight excluding hydrogens is 414 g/mol. The van der Waals surface area contributed by atoms with Crippen molar-refractivity contribution >= 4 is 23.0 Å². The van der Waals surface area contributed by atoms with Crippen molar-refractivity contribution in [1.82, 2.24) is 35.1 Å². The topological polar surface area (TPSA) is 88.3 Å². The largest absolute Gasteiger partial charge is 0.386 e. The maximum Gasteiger partial charge on any atom is 0.255 e. The maximum atomic E-state index is 13.0. The summed E-state index contributed by atoms with van der Waals surface area (Å²) in [5.41, 5.74) is 4.09. The Bertz CT molecular complexity index is 1130. The van der Waals surface area contributed by atoms with Crippen molar-refractivity contribution in [1.29, 1.82) is 0 Å². The van der Waals surface area contributed by atoms with Gasteiger partial charge in [0, 0.05) is 41.8 Å². The molecule has 3 N–H and O–H groups in total. The van der Waals surface area contributed by atoms with E-state index in [0.717, 1.165) is 42.0 Å². The Morgan fingerprint density at radius 3 is 2.97 bits per heavy atom. The number of hydrogen-bond acceptors (Lipinski definition) is 5. The zero-order chi connectivity index (χ0) is 21.8. The average molecular weight is 440 g/mol. The Balaban J connectivity index is 1.50. The number of rotatable bonds is 10. The number of halogens is 1. The van der Waals surface area contributed by atoms with E-state index in [1.807, 2.05) is 40.7 Å². The fourth-order valence-electron chi connectivity index (χ4n) is 3.48. The van der Waals surface area contributed by atoms with E-state index in [2.05, 4.69) is 27.5 Å². The second kappa shape index (κ2) is 9.26. The summed E-state index contributed by atoms with van der Waals surface area (Å²) in [5, 5.41) is 14.6. The molecule has 1 aliphatic carbocycles. The number of carbonyl (C=O) groups excluding carboxylic acids is 1. The number of amides is 1. The molecule has 1 fully saturated rings. The Morgan fingerprint density at radius 2 is 2.23 bits per heavy atom. The maximum absolute atomic E-state index is 13.0. The van der Waals surface area contributed by atoms with Crippen molar-refractivity contribution < 1.29 is 4.79 Å². The molecule has 1 aliphatic rings. The van der Waals surface area contributed by atoms with Gasteiger partial charge in [-0.3, -0.25) is 9.48 Å². The van der Waals surface area contributed by atoms with E-state index in [4.69, 9.17) is 16.7 Å². The summed E-state index contributed by atoms with van der Waals surface area (Å²) >= 11 is 6.11. The molecule has 0 bridgehead atoms. The van der Waals surface area contributed by atoms with Crippen LogP contribution >= 0.6 is 11.6 Å². The number of pyridine rings is 1. The SMILES string of the molecule is C=CN/C=C(/Cn1cc(C(=O)NCc2ncn3ccc(Cl)cc23)c(C2CC2)n1)NCC. The molecule has 162 valence electrons. The van der Waals surface area contributed by atoms with Crippen molar-refractivity contribution in [2.75, 3.05) is 6.54 Å². The molecule has 1 amide bonds. The van der Waals surface area contributed by atoms with E-state index in [1.165, 1.54) is 0 Å². The van der Waals surface area contributed by atoms with Crippen LogP contribution in [0.1, 0.15) is 47.4 Å². The molecule has 0 aliphatic heterocycles. The van der Waals surface area contributed by atoms with Crippen LogP contribution in [-0.4, -0.2) is 31.6 Å².